The molecule has 3 aromatic carbocycles. The van der Waals surface area contributed by atoms with Gasteiger partial charge < -0.3 is 14.8 Å². The Labute approximate surface area is 238 Å². The third kappa shape index (κ3) is 6.96. The minimum atomic E-state index is -4.78. The molecule has 1 aliphatic heterocycles. The molecule has 212 valence electrons. The van der Waals surface area contributed by atoms with Crippen molar-refractivity contribution in [2.75, 3.05) is 19.0 Å². The van der Waals surface area contributed by atoms with Gasteiger partial charge in [0, 0.05) is 11.8 Å². The zero-order chi connectivity index (χ0) is 29.9. The first-order valence-corrected chi connectivity index (χ1v) is 12.6. The van der Waals surface area contributed by atoms with E-state index in [0.717, 1.165) is 11.0 Å². The van der Waals surface area contributed by atoms with Crippen molar-refractivity contribution in [3.8, 4) is 17.2 Å². The Morgan fingerprint density at radius 3 is 2.51 bits per heavy atom. The van der Waals surface area contributed by atoms with Crippen molar-refractivity contribution >= 4 is 57.9 Å². The second-order valence-corrected chi connectivity index (χ2v) is 9.68. The smallest absolute Gasteiger partial charge is 0.416 e. The van der Waals surface area contributed by atoms with Crippen LogP contribution in [0.1, 0.15) is 11.1 Å². The first kappa shape index (κ1) is 29.4. The minimum Gasteiger partial charge on any atom is -0.495 e. The number of nitrogens with zero attached hydrogens (tertiary/aromatic N) is 2. The van der Waals surface area contributed by atoms with E-state index in [-0.39, 0.29) is 15.7 Å². The van der Waals surface area contributed by atoms with Crippen LogP contribution < -0.4 is 14.8 Å². The van der Waals surface area contributed by atoms with Crippen molar-refractivity contribution in [2.24, 2.45) is 0 Å². The summed E-state index contributed by atoms with van der Waals surface area (Å²) in [4.78, 5) is 48.9. The summed E-state index contributed by atoms with van der Waals surface area (Å²) in [5, 5.41) is 13.4. The Balaban J connectivity index is 1.47. The number of hydrogen-bond acceptors (Lipinski definition) is 8. The number of nitro benzene ring substituents is 1. The van der Waals surface area contributed by atoms with Crippen LogP contribution in [0.25, 0.3) is 6.08 Å². The summed E-state index contributed by atoms with van der Waals surface area (Å²) in [5.41, 5.74) is -1.42. The fraction of sp³-hybridized carbons (Fsp3) is 0.115. The lowest BCUT2D eigenvalue weighted by Crippen LogP contribution is -2.36. The van der Waals surface area contributed by atoms with Gasteiger partial charge in [0.05, 0.1) is 27.5 Å². The maximum atomic E-state index is 13.0. The van der Waals surface area contributed by atoms with E-state index in [1.165, 1.54) is 49.6 Å². The second-order valence-electron chi connectivity index (χ2n) is 8.28. The predicted octanol–water partition coefficient (Wildman–Crippen LogP) is 6.74. The van der Waals surface area contributed by atoms with Gasteiger partial charge in [-0.05, 0) is 65.9 Å². The van der Waals surface area contributed by atoms with Gasteiger partial charge in [-0.1, -0.05) is 23.7 Å². The molecular weight excluding hydrogens is 591 g/mol. The molecule has 15 heteroatoms. The molecule has 3 aromatic rings. The van der Waals surface area contributed by atoms with Crippen molar-refractivity contribution in [1.82, 2.24) is 4.90 Å². The van der Waals surface area contributed by atoms with E-state index < -0.39 is 51.7 Å². The van der Waals surface area contributed by atoms with Crippen LogP contribution in [0.5, 0.6) is 17.2 Å². The number of ether oxygens (including phenoxy) is 2. The highest BCUT2D eigenvalue weighted by Crippen LogP contribution is 2.38. The number of benzene rings is 3. The standard InChI is InChI=1S/C26H17ClF3N3O7S/c1-39-20-8-6-16(12-18(20)27)31-23(34)13-32-24(35)22(41-25(32)36)10-14-3-2-4-17(9-14)40-21-7-5-15(26(28,29)30)11-19(21)33(37)38/h2-12H,13H2,1H3,(H,31,34)/b22-10+. The Bertz CT molecular complexity index is 1600. The summed E-state index contributed by atoms with van der Waals surface area (Å²) in [6, 6.07) is 12.2. The molecule has 1 N–H and O–H groups in total. The molecule has 0 saturated carbocycles. The van der Waals surface area contributed by atoms with Crippen LogP contribution in [0.3, 0.4) is 0 Å². The molecule has 10 nitrogen and oxygen atoms in total. The number of imide groups is 1. The van der Waals surface area contributed by atoms with Crippen LogP contribution in [0, 0.1) is 10.1 Å². The zero-order valence-corrected chi connectivity index (χ0v) is 22.3. The van der Waals surface area contributed by atoms with E-state index in [1.54, 1.807) is 6.07 Å². The van der Waals surface area contributed by atoms with Gasteiger partial charge >= 0.3 is 11.9 Å². The summed E-state index contributed by atoms with van der Waals surface area (Å²) >= 11 is 6.64. The molecule has 0 spiro atoms. The average Bonchev–Trinajstić information content (AvgIpc) is 3.15. The lowest BCUT2D eigenvalue weighted by atomic mass is 10.1. The van der Waals surface area contributed by atoms with Crippen LogP contribution >= 0.6 is 23.4 Å². The van der Waals surface area contributed by atoms with Gasteiger partial charge in [-0.2, -0.15) is 13.2 Å². The van der Waals surface area contributed by atoms with E-state index >= 15 is 0 Å². The minimum absolute atomic E-state index is 0.00653. The highest BCUT2D eigenvalue weighted by molar-refractivity contribution is 8.18. The van der Waals surface area contributed by atoms with E-state index in [2.05, 4.69) is 5.32 Å². The maximum absolute atomic E-state index is 13.0. The third-order valence-electron chi connectivity index (χ3n) is 5.48. The molecule has 4 rings (SSSR count). The van der Waals surface area contributed by atoms with Crippen LogP contribution in [0.15, 0.2) is 65.6 Å². The number of thioether (sulfide) groups is 1. The zero-order valence-electron chi connectivity index (χ0n) is 20.7. The lowest BCUT2D eigenvalue weighted by Gasteiger charge is -2.13. The SMILES string of the molecule is COc1ccc(NC(=O)CN2C(=O)S/C(=C/c3cccc(Oc4ccc(C(F)(F)F)cc4[N+](=O)[O-])c3)C2=O)cc1Cl. The number of hydrogen-bond donors (Lipinski definition) is 1. The summed E-state index contributed by atoms with van der Waals surface area (Å²) in [6.45, 7) is -0.563. The van der Waals surface area contributed by atoms with Gasteiger partial charge in [-0.15, -0.1) is 0 Å². The highest BCUT2D eigenvalue weighted by Gasteiger charge is 2.36. The Morgan fingerprint density at radius 1 is 1.12 bits per heavy atom. The normalized spacial score (nSPS) is 14.4. The fourth-order valence-electron chi connectivity index (χ4n) is 3.59. The second kappa shape index (κ2) is 11.9. The van der Waals surface area contributed by atoms with Gasteiger partial charge in [-0.3, -0.25) is 29.4 Å². The van der Waals surface area contributed by atoms with Crippen LogP contribution in [-0.4, -0.2) is 40.5 Å². The van der Waals surface area contributed by atoms with Crippen molar-refractivity contribution in [2.45, 2.75) is 6.18 Å². The molecule has 1 fully saturated rings. The maximum Gasteiger partial charge on any atom is 0.416 e. The summed E-state index contributed by atoms with van der Waals surface area (Å²) in [6.07, 6.45) is -3.43. The lowest BCUT2D eigenvalue weighted by molar-refractivity contribution is -0.385. The first-order chi connectivity index (χ1) is 19.3. The number of carbonyl (C=O) groups is 3. The van der Waals surface area contributed by atoms with Crippen molar-refractivity contribution < 1.29 is 42.0 Å². The number of methoxy groups -OCH3 is 1. The molecule has 0 atom stereocenters. The Hall–Kier alpha value is -4.56. The van der Waals surface area contributed by atoms with Crippen molar-refractivity contribution in [3.63, 3.8) is 0 Å². The highest BCUT2D eigenvalue weighted by atomic mass is 35.5. The molecule has 1 saturated heterocycles. The predicted molar refractivity (Wildman–Crippen MR) is 144 cm³/mol. The molecule has 1 aliphatic rings. The number of halogens is 4. The largest absolute Gasteiger partial charge is 0.495 e. The summed E-state index contributed by atoms with van der Waals surface area (Å²) in [7, 11) is 1.43. The number of anilines is 1. The van der Waals surface area contributed by atoms with E-state index in [9.17, 15) is 37.7 Å². The number of amides is 3. The number of nitrogens with one attached hydrogen (secondary N) is 1. The van der Waals surface area contributed by atoms with E-state index in [0.29, 0.717) is 40.9 Å². The van der Waals surface area contributed by atoms with Crippen molar-refractivity contribution in [3.05, 3.63) is 91.8 Å². The van der Waals surface area contributed by atoms with E-state index in [1.807, 2.05) is 0 Å². The van der Waals surface area contributed by atoms with Gasteiger partial charge in [0.1, 0.15) is 18.0 Å². The molecular formula is C26H17ClF3N3O7S. The number of carbonyl (C=O) groups excluding carboxylic acids is 3. The van der Waals surface area contributed by atoms with Gasteiger partial charge in [0.25, 0.3) is 11.1 Å². The van der Waals surface area contributed by atoms with Crippen molar-refractivity contribution in [1.29, 1.82) is 0 Å². The van der Waals surface area contributed by atoms with Gasteiger partial charge in [-0.25, -0.2) is 0 Å². The van der Waals surface area contributed by atoms with Crippen LogP contribution in [0.4, 0.5) is 29.3 Å². The fourth-order valence-corrected chi connectivity index (χ4v) is 4.69. The summed E-state index contributed by atoms with van der Waals surface area (Å²) in [5.74, 6) is -1.38. The molecule has 0 aromatic heterocycles. The summed E-state index contributed by atoms with van der Waals surface area (Å²) < 4.78 is 49.4. The molecule has 41 heavy (non-hydrogen) atoms. The van der Waals surface area contributed by atoms with Crippen LogP contribution in [-0.2, 0) is 15.8 Å². The number of alkyl halides is 3. The molecule has 3 amide bonds. The molecule has 0 radical (unpaired) electrons. The molecule has 0 bridgehead atoms. The molecule has 0 aliphatic carbocycles. The quantitative estimate of drug-likeness (QED) is 0.169. The Kier molecular flexibility index (Phi) is 8.54. The van der Waals surface area contributed by atoms with Gasteiger partial charge in [0.2, 0.25) is 11.7 Å². The number of nitro groups is 1. The van der Waals surface area contributed by atoms with Crippen LogP contribution in [0.2, 0.25) is 5.02 Å². The number of rotatable bonds is 8. The molecule has 1 heterocycles. The van der Waals surface area contributed by atoms with E-state index in [4.69, 9.17) is 21.1 Å². The average molecular weight is 608 g/mol. The monoisotopic (exact) mass is 607 g/mol. The first-order valence-electron chi connectivity index (χ1n) is 11.4. The van der Waals surface area contributed by atoms with Gasteiger partial charge in [0.15, 0.2) is 0 Å². The third-order valence-corrected chi connectivity index (χ3v) is 6.68. The Morgan fingerprint density at radius 2 is 1.85 bits per heavy atom. The topological polar surface area (TPSA) is 128 Å². The molecule has 0 unspecified atom stereocenters.